The number of halogens is 7. The molecule has 1 aliphatic rings. The van der Waals surface area contributed by atoms with E-state index in [0.717, 1.165) is 0 Å². The molecule has 2 heterocycles. The number of carbonyl (C=O) groups excluding carboxylic acids is 5. The van der Waals surface area contributed by atoms with Gasteiger partial charge < -0.3 is 20.1 Å². The van der Waals surface area contributed by atoms with Gasteiger partial charge in [-0.1, -0.05) is 0 Å². The third-order valence-electron chi connectivity index (χ3n) is 2.97. The van der Waals surface area contributed by atoms with Gasteiger partial charge in [0.15, 0.2) is 13.2 Å². The number of aromatic nitrogens is 1. The Hall–Kier alpha value is -3.43. The van der Waals surface area contributed by atoms with Gasteiger partial charge in [-0.15, -0.1) is 0 Å². The molecule has 0 aliphatic carbocycles. The summed E-state index contributed by atoms with van der Waals surface area (Å²) in [5, 5.41) is 2.92. The SMILES string of the molecule is O=C(Cl)C(=O)OCC(F)(F)F.O=C(Nc1cnc2c(c1)C(=O)NC2)C(=O)OCC(F)(F)F. The molecule has 1 aromatic heterocycles. The van der Waals surface area contributed by atoms with E-state index in [2.05, 4.69) is 31.4 Å². The van der Waals surface area contributed by atoms with Crippen molar-refractivity contribution < 1.29 is 59.8 Å². The standard InChI is InChI=1S/C11H8F3N3O4.C4H2ClF3O3/c12-11(13,14)4-21-10(20)9(19)17-5-1-6-7(15-2-5)3-16-8(6)18;5-2(9)3(10)11-1-4(6,7)8/h1-2H,3-4H2,(H,16,18)(H,17,19);1H2. The van der Waals surface area contributed by atoms with Gasteiger partial charge in [-0.25, -0.2) is 9.59 Å². The lowest BCUT2D eigenvalue weighted by Gasteiger charge is -2.08. The zero-order valence-electron chi connectivity index (χ0n) is 15.2. The highest BCUT2D eigenvalue weighted by Gasteiger charge is 2.32. The Labute approximate surface area is 178 Å². The van der Waals surface area contributed by atoms with Gasteiger partial charge in [-0.2, -0.15) is 26.3 Å². The van der Waals surface area contributed by atoms with Crippen molar-refractivity contribution in [3.63, 3.8) is 0 Å². The van der Waals surface area contributed by atoms with Gasteiger partial charge in [-0.05, 0) is 17.7 Å². The Morgan fingerprint density at radius 2 is 1.56 bits per heavy atom. The molecule has 1 aliphatic heterocycles. The number of pyridine rings is 1. The summed E-state index contributed by atoms with van der Waals surface area (Å²) < 4.78 is 76.5. The Balaban J connectivity index is 0.000000396. The fourth-order valence-corrected chi connectivity index (χ4v) is 1.81. The second kappa shape index (κ2) is 10.7. The van der Waals surface area contributed by atoms with Gasteiger partial charge in [0, 0.05) is 0 Å². The van der Waals surface area contributed by atoms with E-state index < -0.39 is 54.6 Å². The molecular formula is C15H10ClF6N3O7. The maximum atomic E-state index is 11.8. The molecule has 0 saturated carbocycles. The molecule has 176 valence electrons. The van der Waals surface area contributed by atoms with Gasteiger partial charge >= 0.3 is 35.4 Å². The first-order valence-electron chi connectivity index (χ1n) is 7.84. The van der Waals surface area contributed by atoms with Crippen LogP contribution in [-0.2, 0) is 35.2 Å². The number of amides is 2. The normalized spacial score (nSPS) is 12.5. The minimum Gasteiger partial charge on any atom is -0.449 e. The number of hydrogen-bond donors (Lipinski definition) is 2. The van der Waals surface area contributed by atoms with Crippen LogP contribution in [0.1, 0.15) is 16.1 Å². The number of fused-ring (bicyclic) bond motifs is 1. The highest BCUT2D eigenvalue weighted by Crippen LogP contribution is 2.18. The summed E-state index contributed by atoms with van der Waals surface area (Å²) in [4.78, 5) is 57.4. The molecule has 0 spiro atoms. The molecule has 10 nitrogen and oxygen atoms in total. The van der Waals surface area contributed by atoms with Crippen LogP contribution < -0.4 is 10.6 Å². The Morgan fingerprint density at radius 1 is 1.03 bits per heavy atom. The van der Waals surface area contributed by atoms with Crippen molar-refractivity contribution in [2.45, 2.75) is 18.9 Å². The average Bonchev–Trinajstić information content (AvgIpc) is 3.03. The zero-order chi connectivity index (χ0) is 24.7. The van der Waals surface area contributed by atoms with Crippen LogP contribution in [0.25, 0.3) is 0 Å². The lowest BCUT2D eigenvalue weighted by atomic mass is 10.2. The molecule has 2 N–H and O–H groups in total. The van der Waals surface area contributed by atoms with Crippen LogP contribution in [0.15, 0.2) is 12.3 Å². The number of alkyl halides is 6. The zero-order valence-corrected chi connectivity index (χ0v) is 16.0. The molecular weight excluding hydrogens is 484 g/mol. The molecule has 0 aromatic carbocycles. The number of carbonyl (C=O) groups is 5. The second-order valence-corrected chi connectivity index (χ2v) is 5.85. The van der Waals surface area contributed by atoms with Crippen LogP contribution in [0.2, 0.25) is 0 Å². The third kappa shape index (κ3) is 9.59. The van der Waals surface area contributed by atoms with E-state index in [-0.39, 0.29) is 17.8 Å². The Kier molecular flexibility index (Phi) is 8.93. The maximum Gasteiger partial charge on any atom is 0.422 e. The van der Waals surface area contributed by atoms with Gasteiger partial charge in [-0.3, -0.25) is 19.4 Å². The fourth-order valence-electron chi connectivity index (χ4n) is 1.76. The highest BCUT2D eigenvalue weighted by molar-refractivity contribution is 6.80. The number of nitrogens with zero attached hydrogens (tertiary/aromatic N) is 1. The Bertz CT molecular complexity index is 920. The van der Waals surface area contributed by atoms with Crippen LogP contribution in [0.3, 0.4) is 0 Å². The van der Waals surface area contributed by atoms with E-state index in [1.165, 1.54) is 12.3 Å². The second-order valence-electron chi connectivity index (χ2n) is 5.51. The smallest absolute Gasteiger partial charge is 0.422 e. The molecule has 0 radical (unpaired) electrons. The summed E-state index contributed by atoms with van der Waals surface area (Å²) in [7, 11) is 0. The largest absolute Gasteiger partial charge is 0.449 e. The predicted molar refractivity (Wildman–Crippen MR) is 88.9 cm³/mol. The van der Waals surface area contributed by atoms with E-state index in [1.807, 2.05) is 5.32 Å². The summed E-state index contributed by atoms with van der Waals surface area (Å²) in [6.45, 7) is -3.41. The van der Waals surface area contributed by atoms with Crippen LogP contribution in [0.5, 0.6) is 0 Å². The number of nitrogens with one attached hydrogen (secondary N) is 2. The van der Waals surface area contributed by atoms with E-state index >= 15 is 0 Å². The van der Waals surface area contributed by atoms with Crippen molar-refractivity contribution >= 4 is 46.3 Å². The van der Waals surface area contributed by atoms with Crippen LogP contribution in [0, 0.1) is 0 Å². The number of anilines is 1. The fraction of sp³-hybridized carbons (Fsp3) is 0.333. The third-order valence-corrected chi connectivity index (χ3v) is 3.12. The van der Waals surface area contributed by atoms with Gasteiger partial charge in [0.05, 0.1) is 29.7 Å². The molecule has 2 amide bonds. The van der Waals surface area contributed by atoms with E-state index in [0.29, 0.717) is 5.69 Å². The lowest BCUT2D eigenvalue weighted by molar-refractivity contribution is -0.186. The molecule has 0 bridgehead atoms. The summed E-state index contributed by atoms with van der Waals surface area (Å²) >= 11 is 4.48. The number of hydrogen-bond acceptors (Lipinski definition) is 8. The topological polar surface area (TPSA) is 141 Å². The highest BCUT2D eigenvalue weighted by atomic mass is 35.5. The first kappa shape index (κ1) is 26.6. The minimum atomic E-state index is -4.72. The van der Waals surface area contributed by atoms with Crippen LogP contribution in [0.4, 0.5) is 32.0 Å². The van der Waals surface area contributed by atoms with Crippen molar-refractivity contribution in [3.8, 4) is 0 Å². The van der Waals surface area contributed by atoms with Crippen molar-refractivity contribution in [2.24, 2.45) is 0 Å². The average molecular weight is 494 g/mol. The van der Waals surface area contributed by atoms with Crippen LogP contribution in [-0.4, -0.2) is 59.5 Å². The van der Waals surface area contributed by atoms with Crippen molar-refractivity contribution in [2.75, 3.05) is 18.5 Å². The van der Waals surface area contributed by atoms with Gasteiger partial charge in [0.2, 0.25) is 0 Å². The summed E-state index contributed by atoms with van der Waals surface area (Å²) in [6.07, 6.45) is -8.18. The molecule has 17 heteroatoms. The van der Waals surface area contributed by atoms with Crippen molar-refractivity contribution in [1.29, 1.82) is 0 Å². The molecule has 0 unspecified atom stereocenters. The predicted octanol–water partition coefficient (Wildman–Crippen LogP) is 1.23. The quantitative estimate of drug-likeness (QED) is 0.276. The van der Waals surface area contributed by atoms with E-state index in [4.69, 9.17) is 0 Å². The lowest BCUT2D eigenvalue weighted by Crippen LogP contribution is -2.29. The molecule has 0 fully saturated rings. The number of rotatable bonds is 4. The Morgan fingerprint density at radius 3 is 2.06 bits per heavy atom. The van der Waals surface area contributed by atoms with Gasteiger partial charge in [0.25, 0.3) is 5.91 Å². The summed E-state index contributed by atoms with van der Waals surface area (Å²) in [5.74, 6) is -5.17. The summed E-state index contributed by atoms with van der Waals surface area (Å²) in [5.41, 5.74) is 0.689. The molecule has 0 saturated heterocycles. The minimum absolute atomic E-state index is 0.000223. The number of ether oxygens (including phenoxy) is 2. The van der Waals surface area contributed by atoms with Gasteiger partial charge in [0.1, 0.15) is 0 Å². The number of esters is 2. The maximum absolute atomic E-state index is 11.8. The molecule has 0 atom stereocenters. The first-order valence-corrected chi connectivity index (χ1v) is 8.22. The van der Waals surface area contributed by atoms with Crippen LogP contribution >= 0.6 is 11.6 Å². The molecule has 1 aromatic rings. The van der Waals surface area contributed by atoms with E-state index in [1.54, 1.807) is 0 Å². The molecule has 32 heavy (non-hydrogen) atoms. The monoisotopic (exact) mass is 493 g/mol. The first-order chi connectivity index (χ1) is 14.6. The summed E-state index contributed by atoms with van der Waals surface area (Å²) in [6, 6.07) is 1.26. The van der Waals surface area contributed by atoms with Crippen molar-refractivity contribution in [3.05, 3.63) is 23.5 Å². The van der Waals surface area contributed by atoms with Crippen molar-refractivity contribution in [1.82, 2.24) is 10.3 Å². The van der Waals surface area contributed by atoms with E-state index in [9.17, 15) is 50.3 Å². The molecule has 2 rings (SSSR count).